The highest BCUT2D eigenvalue weighted by Crippen LogP contribution is 2.52. The van der Waals surface area contributed by atoms with Crippen molar-refractivity contribution >= 4 is 0 Å². The van der Waals surface area contributed by atoms with Crippen LogP contribution in [0.5, 0.6) is 17.2 Å². The fraction of sp³-hybridized carbons (Fsp3) is 0.333. The lowest BCUT2D eigenvalue weighted by Crippen LogP contribution is -2.35. The quantitative estimate of drug-likeness (QED) is 0.850. The van der Waals surface area contributed by atoms with Crippen molar-refractivity contribution in [1.29, 1.82) is 0 Å². The molecule has 1 heterocycles. The molecular weight excluding hydrogens is 278 g/mol. The molecule has 0 fully saturated rings. The molecule has 0 radical (unpaired) electrons. The number of fused-ring (bicyclic) bond motifs is 2. The summed E-state index contributed by atoms with van der Waals surface area (Å²) in [5.74, 6) is 0.902. The lowest BCUT2D eigenvalue weighted by atomic mass is 9.76. The van der Waals surface area contributed by atoms with Gasteiger partial charge >= 0.3 is 0 Å². The SMILES string of the molecule is COc1cc2c3c(c1O)-c1cc(O)ccc1C[C@H]3N(C)CC2. The van der Waals surface area contributed by atoms with E-state index in [0.29, 0.717) is 5.75 Å². The number of rotatable bonds is 1. The van der Waals surface area contributed by atoms with Crippen LogP contribution in [0.25, 0.3) is 11.1 Å². The van der Waals surface area contributed by atoms with Crippen LogP contribution >= 0.6 is 0 Å². The maximum atomic E-state index is 10.7. The highest BCUT2D eigenvalue weighted by molar-refractivity contribution is 5.83. The number of benzene rings is 2. The zero-order valence-electron chi connectivity index (χ0n) is 12.8. The normalized spacial score (nSPS) is 19.5. The number of hydrogen-bond donors (Lipinski definition) is 2. The molecule has 114 valence electrons. The first-order valence-electron chi connectivity index (χ1n) is 7.55. The minimum Gasteiger partial charge on any atom is -0.508 e. The molecule has 2 aliphatic rings. The maximum Gasteiger partial charge on any atom is 0.166 e. The standard InChI is InChI=1S/C18H19NO3/c1-19-6-5-11-8-15(22-2)18(21)17-13-9-12(20)4-3-10(13)7-14(19)16(11)17/h3-4,8-9,14,20-21H,5-7H2,1-2H3/t14-/m1/s1. The van der Waals surface area contributed by atoms with Crippen molar-refractivity contribution in [2.75, 3.05) is 20.7 Å². The first-order chi connectivity index (χ1) is 10.6. The van der Waals surface area contributed by atoms with E-state index in [1.807, 2.05) is 12.1 Å². The van der Waals surface area contributed by atoms with Crippen molar-refractivity contribution in [2.45, 2.75) is 18.9 Å². The van der Waals surface area contributed by atoms with E-state index in [1.165, 1.54) is 11.1 Å². The molecule has 1 aliphatic carbocycles. The highest BCUT2D eigenvalue weighted by atomic mass is 16.5. The molecule has 2 N–H and O–H groups in total. The van der Waals surface area contributed by atoms with Gasteiger partial charge in [0.2, 0.25) is 0 Å². The van der Waals surface area contributed by atoms with E-state index in [2.05, 4.69) is 11.9 Å². The zero-order chi connectivity index (χ0) is 15.4. The van der Waals surface area contributed by atoms with Crippen LogP contribution in [0.15, 0.2) is 24.3 Å². The number of ether oxygens (including phenoxy) is 1. The number of hydrogen-bond acceptors (Lipinski definition) is 4. The van der Waals surface area contributed by atoms with Gasteiger partial charge in [-0.1, -0.05) is 6.07 Å². The van der Waals surface area contributed by atoms with Crippen molar-refractivity contribution < 1.29 is 14.9 Å². The van der Waals surface area contributed by atoms with Crippen molar-refractivity contribution in [2.24, 2.45) is 0 Å². The van der Waals surface area contributed by atoms with E-state index < -0.39 is 0 Å². The summed E-state index contributed by atoms with van der Waals surface area (Å²) in [5.41, 5.74) is 5.31. The molecule has 1 aliphatic heterocycles. The van der Waals surface area contributed by atoms with Gasteiger partial charge in [0.15, 0.2) is 11.5 Å². The molecule has 2 aromatic carbocycles. The molecule has 4 rings (SSSR count). The number of methoxy groups -OCH3 is 1. The largest absolute Gasteiger partial charge is 0.508 e. The Balaban J connectivity index is 2.08. The van der Waals surface area contributed by atoms with Gasteiger partial charge < -0.3 is 14.9 Å². The molecule has 0 spiro atoms. The molecule has 4 heteroatoms. The zero-order valence-corrected chi connectivity index (χ0v) is 12.8. The molecular formula is C18H19NO3. The molecule has 2 aromatic rings. The Morgan fingerprint density at radius 1 is 1.18 bits per heavy atom. The number of likely N-dealkylation sites (N-methyl/N-ethyl adjacent to an activating group) is 1. The summed E-state index contributed by atoms with van der Waals surface area (Å²) in [5, 5.41) is 20.6. The molecule has 4 nitrogen and oxygen atoms in total. The summed E-state index contributed by atoms with van der Waals surface area (Å²) in [4.78, 5) is 2.34. The van der Waals surface area contributed by atoms with Crippen LogP contribution in [0.2, 0.25) is 0 Å². The fourth-order valence-electron chi connectivity index (χ4n) is 3.85. The second-order valence-electron chi connectivity index (χ2n) is 6.17. The summed E-state index contributed by atoms with van der Waals surface area (Å²) in [6.07, 6.45) is 1.85. The van der Waals surface area contributed by atoms with Gasteiger partial charge in [-0.3, -0.25) is 4.90 Å². The van der Waals surface area contributed by atoms with Gasteiger partial charge in [-0.2, -0.15) is 0 Å². The summed E-state index contributed by atoms with van der Waals surface area (Å²) >= 11 is 0. The predicted molar refractivity (Wildman–Crippen MR) is 84.5 cm³/mol. The average molecular weight is 297 g/mol. The smallest absolute Gasteiger partial charge is 0.166 e. The van der Waals surface area contributed by atoms with Gasteiger partial charge in [0.25, 0.3) is 0 Å². The maximum absolute atomic E-state index is 10.7. The van der Waals surface area contributed by atoms with E-state index in [4.69, 9.17) is 4.74 Å². The van der Waals surface area contributed by atoms with Gasteiger partial charge in [0.05, 0.1) is 7.11 Å². The van der Waals surface area contributed by atoms with Crippen LogP contribution in [-0.4, -0.2) is 35.8 Å². The molecule has 0 unspecified atom stereocenters. The number of phenols is 2. The average Bonchev–Trinajstić information content (AvgIpc) is 2.52. The van der Waals surface area contributed by atoms with Crippen LogP contribution in [0.4, 0.5) is 0 Å². The van der Waals surface area contributed by atoms with Gasteiger partial charge in [-0.25, -0.2) is 0 Å². The lowest BCUT2D eigenvalue weighted by molar-refractivity contribution is 0.227. The minimum absolute atomic E-state index is 0.174. The Hall–Kier alpha value is -2.20. The Bertz CT molecular complexity index is 769. The lowest BCUT2D eigenvalue weighted by Gasteiger charge is -2.40. The number of phenolic OH excluding ortho intramolecular Hbond substituents is 2. The first kappa shape index (κ1) is 13.5. The van der Waals surface area contributed by atoms with E-state index in [-0.39, 0.29) is 17.5 Å². The van der Waals surface area contributed by atoms with Crippen LogP contribution in [-0.2, 0) is 12.8 Å². The number of aromatic hydroxyl groups is 2. The first-order valence-corrected chi connectivity index (χ1v) is 7.55. The van der Waals surface area contributed by atoms with Crippen LogP contribution in [0, 0.1) is 0 Å². The van der Waals surface area contributed by atoms with Crippen LogP contribution in [0.1, 0.15) is 22.7 Å². The van der Waals surface area contributed by atoms with E-state index in [0.717, 1.165) is 36.1 Å². The number of nitrogens with zero attached hydrogens (tertiary/aromatic N) is 1. The molecule has 22 heavy (non-hydrogen) atoms. The topological polar surface area (TPSA) is 52.9 Å². The van der Waals surface area contributed by atoms with Crippen LogP contribution in [0.3, 0.4) is 0 Å². The second kappa shape index (κ2) is 4.65. The van der Waals surface area contributed by atoms with Crippen LogP contribution < -0.4 is 4.74 Å². The molecule has 0 bridgehead atoms. The summed E-state index contributed by atoms with van der Waals surface area (Å²) in [7, 11) is 3.71. The van der Waals surface area contributed by atoms with Gasteiger partial charge in [0.1, 0.15) is 5.75 Å². The van der Waals surface area contributed by atoms with Crippen molar-refractivity contribution in [3.63, 3.8) is 0 Å². The van der Waals surface area contributed by atoms with Crippen molar-refractivity contribution in [3.8, 4) is 28.4 Å². The fourth-order valence-corrected chi connectivity index (χ4v) is 3.85. The Morgan fingerprint density at radius 2 is 2.00 bits per heavy atom. The van der Waals surface area contributed by atoms with E-state index in [1.54, 1.807) is 19.2 Å². The Labute approximate surface area is 129 Å². The molecule has 0 saturated carbocycles. The summed E-state index contributed by atoms with van der Waals surface area (Å²) in [6.45, 7) is 0.998. The van der Waals surface area contributed by atoms with E-state index in [9.17, 15) is 10.2 Å². The second-order valence-corrected chi connectivity index (χ2v) is 6.17. The third-order valence-corrected chi connectivity index (χ3v) is 4.99. The van der Waals surface area contributed by atoms with Crippen molar-refractivity contribution in [3.05, 3.63) is 41.0 Å². The highest BCUT2D eigenvalue weighted by Gasteiger charge is 2.35. The third-order valence-electron chi connectivity index (χ3n) is 4.99. The minimum atomic E-state index is 0.174. The predicted octanol–water partition coefficient (Wildman–Crippen LogP) is 2.86. The summed E-state index contributed by atoms with van der Waals surface area (Å²) in [6, 6.07) is 7.64. The van der Waals surface area contributed by atoms with Crippen molar-refractivity contribution in [1.82, 2.24) is 4.90 Å². The van der Waals surface area contributed by atoms with Gasteiger partial charge in [0, 0.05) is 18.2 Å². The third kappa shape index (κ3) is 1.74. The van der Waals surface area contributed by atoms with E-state index >= 15 is 0 Å². The monoisotopic (exact) mass is 297 g/mol. The molecule has 0 saturated heterocycles. The van der Waals surface area contributed by atoms with Gasteiger partial charge in [-0.05, 0) is 60.3 Å². The summed E-state index contributed by atoms with van der Waals surface area (Å²) < 4.78 is 5.36. The molecule has 1 atom stereocenters. The Morgan fingerprint density at radius 3 is 2.77 bits per heavy atom. The molecule has 0 aromatic heterocycles. The Kier molecular flexibility index (Phi) is 2.84. The van der Waals surface area contributed by atoms with Gasteiger partial charge in [-0.15, -0.1) is 0 Å². The molecule has 0 amide bonds.